The normalized spacial score (nSPS) is 15.4. The first-order valence-electron chi connectivity index (χ1n) is 10.3. The molecule has 30 heavy (non-hydrogen) atoms. The number of hydrogen-bond acceptors (Lipinski definition) is 5. The second-order valence-corrected chi connectivity index (χ2v) is 8.69. The second-order valence-electron chi connectivity index (χ2n) is 7.63. The van der Waals surface area contributed by atoms with Crippen molar-refractivity contribution in [3.05, 3.63) is 40.2 Å². The van der Waals surface area contributed by atoms with Crippen molar-refractivity contribution in [3.8, 4) is 11.3 Å². The molecule has 0 bridgehead atoms. The first kappa shape index (κ1) is 22.0. The van der Waals surface area contributed by atoms with Crippen LogP contribution in [-0.4, -0.2) is 39.8 Å². The maximum absolute atomic E-state index is 12.9. The van der Waals surface area contributed by atoms with Crippen LogP contribution in [0, 0.1) is 6.92 Å². The highest BCUT2D eigenvalue weighted by Gasteiger charge is 2.50. The third-order valence-electron chi connectivity index (χ3n) is 5.26. The van der Waals surface area contributed by atoms with Crippen molar-refractivity contribution in [2.24, 2.45) is 0 Å². The summed E-state index contributed by atoms with van der Waals surface area (Å²) in [7, 11) is 0. The topological polar surface area (TPSA) is 91.4 Å². The molecule has 1 aliphatic heterocycles. The van der Waals surface area contributed by atoms with E-state index in [-0.39, 0.29) is 18.4 Å². The summed E-state index contributed by atoms with van der Waals surface area (Å²) in [6.07, 6.45) is 2.72. The summed E-state index contributed by atoms with van der Waals surface area (Å²) in [4.78, 5) is 43.1. The Labute approximate surface area is 180 Å². The van der Waals surface area contributed by atoms with Crippen LogP contribution in [0.1, 0.15) is 50.1 Å². The molecule has 2 aromatic rings. The molecule has 3 rings (SSSR count). The molecule has 1 saturated heterocycles. The third-order valence-corrected chi connectivity index (χ3v) is 6.03. The van der Waals surface area contributed by atoms with Crippen LogP contribution in [0.3, 0.4) is 0 Å². The van der Waals surface area contributed by atoms with Crippen LogP contribution in [0.5, 0.6) is 0 Å². The summed E-state index contributed by atoms with van der Waals surface area (Å²) in [6, 6.07) is 7.32. The first-order valence-corrected chi connectivity index (χ1v) is 11.2. The van der Waals surface area contributed by atoms with Crippen molar-refractivity contribution < 1.29 is 14.4 Å². The van der Waals surface area contributed by atoms with Crippen LogP contribution in [-0.2, 0) is 16.1 Å². The number of nitrogens with zero attached hydrogens (tertiary/aromatic N) is 2. The number of urea groups is 1. The number of carbonyl (C=O) groups is 3. The molecule has 0 aliphatic carbocycles. The van der Waals surface area contributed by atoms with Gasteiger partial charge in [0.15, 0.2) is 0 Å². The van der Waals surface area contributed by atoms with E-state index >= 15 is 0 Å². The molecule has 1 aromatic carbocycles. The number of carbonyl (C=O) groups excluding carboxylic acids is 3. The molecule has 160 valence electrons. The minimum Gasteiger partial charge on any atom is -0.350 e. The molecule has 0 unspecified atom stereocenters. The minimum absolute atomic E-state index is 0.268. The van der Waals surface area contributed by atoms with Crippen LogP contribution < -0.4 is 10.6 Å². The Bertz CT molecular complexity index is 917. The van der Waals surface area contributed by atoms with Crippen molar-refractivity contribution in [1.82, 2.24) is 20.5 Å². The quantitative estimate of drug-likeness (QED) is 0.597. The largest absolute Gasteiger partial charge is 0.350 e. The number of rotatable bonds is 9. The number of aryl methyl sites for hydroxylation is 1. The number of aromatic nitrogens is 1. The maximum atomic E-state index is 12.9. The molecule has 0 saturated carbocycles. The molecule has 4 amide bonds. The van der Waals surface area contributed by atoms with E-state index in [4.69, 9.17) is 0 Å². The van der Waals surface area contributed by atoms with E-state index in [1.165, 1.54) is 0 Å². The lowest BCUT2D eigenvalue weighted by molar-refractivity contribution is -0.135. The first-order chi connectivity index (χ1) is 14.4. The molecule has 1 aliphatic rings. The fraction of sp³-hybridized carbons (Fsp3) is 0.455. The van der Waals surface area contributed by atoms with Crippen LogP contribution in [0.25, 0.3) is 11.3 Å². The van der Waals surface area contributed by atoms with Crippen molar-refractivity contribution in [2.75, 3.05) is 6.54 Å². The second kappa shape index (κ2) is 9.38. The molecule has 0 radical (unpaired) electrons. The standard InChI is InChI=1S/C22H28N4O3S/c1-4-10-22(11-5-2)20(28)26(21(29)25-22)13-19(27)23-12-16-6-8-17(9-7-16)18-14-30-15(3)24-18/h6-9,14H,4-5,10-13H2,1-3H3,(H,23,27)(H,25,29). The highest BCUT2D eigenvalue weighted by molar-refractivity contribution is 7.09. The van der Waals surface area contributed by atoms with Crippen molar-refractivity contribution in [3.63, 3.8) is 0 Å². The third kappa shape index (κ3) is 4.70. The summed E-state index contributed by atoms with van der Waals surface area (Å²) < 4.78 is 0. The van der Waals surface area contributed by atoms with Crippen molar-refractivity contribution >= 4 is 29.2 Å². The molecule has 0 atom stereocenters. The van der Waals surface area contributed by atoms with E-state index in [0.717, 1.165) is 39.6 Å². The predicted molar refractivity (Wildman–Crippen MR) is 117 cm³/mol. The van der Waals surface area contributed by atoms with Gasteiger partial charge in [-0.15, -0.1) is 11.3 Å². The number of hydrogen-bond donors (Lipinski definition) is 2. The van der Waals surface area contributed by atoms with E-state index in [0.29, 0.717) is 19.4 Å². The summed E-state index contributed by atoms with van der Waals surface area (Å²) in [5.74, 6) is -0.657. The highest BCUT2D eigenvalue weighted by atomic mass is 32.1. The number of amides is 4. The van der Waals surface area contributed by atoms with Gasteiger partial charge >= 0.3 is 6.03 Å². The minimum atomic E-state index is -0.870. The SMILES string of the molecule is CCCC1(CCC)NC(=O)N(CC(=O)NCc2ccc(-c3csc(C)n3)cc2)C1=O. The summed E-state index contributed by atoms with van der Waals surface area (Å²) >= 11 is 1.61. The van der Waals surface area contributed by atoms with Gasteiger partial charge in [0.05, 0.1) is 10.7 Å². The monoisotopic (exact) mass is 428 g/mol. The smallest absolute Gasteiger partial charge is 0.325 e. The Balaban J connectivity index is 1.56. The van der Waals surface area contributed by atoms with Crippen LogP contribution in [0.15, 0.2) is 29.6 Å². The van der Waals surface area contributed by atoms with Gasteiger partial charge in [-0.25, -0.2) is 9.78 Å². The van der Waals surface area contributed by atoms with E-state index in [1.54, 1.807) is 11.3 Å². The molecule has 7 nitrogen and oxygen atoms in total. The Hall–Kier alpha value is -2.74. The zero-order valence-electron chi connectivity index (χ0n) is 17.7. The van der Waals surface area contributed by atoms with Gasteiger partial charge in [-0.05, 0) is 25.3 Å². The zero-order valence-corrected chi connectivity index (χ0v) is 18.5. The summed E-state index contributed by atoms with van der Waals surface area (Å²) in [5.41, 5.74) is 2.03. The number of benzene rings is 1. The predicted octanol–water partition coefficient (Wildman–Crippen LogP) is 3.63. The summed E-state index contributed by atoms with van der Waals surface area (Å²) in [6.45, 7) is 5.99. The van der Waals surface area contributed by atoms with Gasteiger partial charge in [0.25, 0.3) is 5.91 Å². The molecular weight excluding hydrogens is 400 g/mol. The molecule has 2 heterocycles. The van der Waals surface area contributed by atoms with Gasteiger partial charge < -0.3 is 10.6 Å². The van der Waals surface area contributed by atoms with Crippen LogP contribution in [0.4, 0.5) is 4.79 Å². The molecular formula is C22H28N4O3S. The molecule has 2 N–H and O–H groups in total. The average Bonchev–Trinajstić information content (AvgIpc) is 3.25. The van der Waals surface area contributed by atoms with Gasteiger partial charge in [0.2, 0.25) is 5.91 Å². The Kier molecular flexibility index (Phi) is 6.87. The number of nitrogens with one attached hydrogen (secondary N) is 2. The maximum Gasteiger partial charge on any atom is 0.325 e. The van der Waals surface area contributed by atoms with E-state index in [2.05, 4.69) is 15.6 Å². The Morgan fingerprint density at radius 2 is 1.83 bits per heavy atom. The van der Waals surface area contributed by atoms with Gasteiger partial charge in [-0.3, -0.25) is 14.5 Å². The van der Waals surface area contributed by atoms with E-state index in [9.17, 15) is 14.4 Å². The van der Waals surface area contributed by atoms with Gasteiger partial charge in [-0.2, -0.15) is 0 Å². The fourth-order valence-electron chi connectivity index (χ4n) is 3.83. The zero-order chi connectivity index (χ0) is 21.7. The number of thiazole rings is 1. The lowest BCUT2D eigenvalue weighted by Crippen LogP contribution is -2.47. The average molecular weight is 429 g/mol. The summed E-state index contributed by atoms with van der Waals surface area (Å²) in [5, 5.41) is 8.65. The lowest BCUT2D eigenvalue weighted by Gasteiger charge is -2.25. The van der Waals surface area contributed by atoms with Gasteiger partial charge in [0, 0.05) is 17.5 Å². The van der Waals surface area contributed by atoms with Gasteiger partial charge in [0.1, 0.15) is 12.1 Å². The van der Waals surface area contributed by atoms with E-state index in [1.807, 2.05) is 50.4 Å². The molecule has 1 fully saturated rings. The molecule has 0 spiro atoms. The molecule has 1 aromatic heterocycles. The van der Waals surface area contributed by atoms with Crippen molar-refractivity contribution in [2.45, 2.75) is 58.5 Å². The molecule has 8 heteroatoms. The van der Waals surface area contributed by atoms with E-state index < -0.39 is 11.6 Å². The highest BCUT2D eigenvalue weighted by Crippen LogP contribution is 2.28. The lowest BCUT2D eigenvalue weighted by atomic mass is 9.88. The fourth-order valence-corrected chi connectivity index (χ4v) is 4.45. The van der Waals surface area contributed by atoms with Crippen LogP contribution >= 0.6 is 11.3 Å². The Morgan fingerprint density at radius 3 is 2.40 bits per heavy atom. The number of imide groups is 1. The van der Waals surface area contributed by atoms with Crippen LogP contribution in [0.2, 0.25) is 0 Å². The Morgan fingerprint density at radius 1 is 1.17 bits per heavy atom. The van der Waals surface area contributed by atoms with Crippen molar-refractivity contribution in [1.29, 1.82) is 0 Å². The van der Waals surface area contributed by atoms with Gasteiger partial charge in [-0.1, -0.05) is 51.0 Å².